The van der Waals surface area contributed by atoms with Crippen LogP contribution in [0.1, 0.15) is 103 Å². The summed E-state index contributed by atoms with van der Waals surface area (Å²) in [6, 6.07) is 19.3. The molecule has 0 radical (unpaired) electrons. The number of fused-ring (bicyclic) bond motifs is 4. The summed E-state index contributed by atoms with van der Waals surface area (Å²) in [5, 5.41) is 41.2. The van der Waals surface area contributed by atoms with Crippen molar-refractivity contribution < 1.29 is 157 Å². The molecule has 4 saturated heterocycles. The Balaban J connectivity index is 0.000000148. The number of aromatic amines is 4. The number of aromatic nitrogens is 8. The van der Waals surface area contributed by atoms with Gasteiger partial charge in [0.25, 0.3) is 22.2 Å². The minimum atomic E-state index is -4.79. The molecule has 8 N–H and O–H groups in total. The van der Waals surface area contributed by atoms with E-state index in [2.05, 4.69) is 4.98 Å². The predicted molar refractivity (Wildman–Crippen MR) is 410 cm³/mol. The molecule has 0 amide bonds. The van der Waals surface area contributed by atoms with E-state index in [0.29, 0.717) is 37.1 Å². The van der Waals surface area contributed by atoms with Crippen molar-refractivity contribution in [2.45, 2.75) is 153 Å². The van der Waals surface area contributed by atoms with Gasteiger partial charge < -0.3 is 76.4 Å². The summed E-state index contributed by atoms with van der Waals surface area (Å²) in [7, 11) is -12.6. The van der Waals surface area contributed by atoms with E-state index in [1.807, 2.05) is 15.0 Å². The summed E-state index contributed by atoms with van der Waals surface area (Å²) < 4.78 is 267. The third-order valence-electron chi connectivity index (χ3n) is 18.9. The lowest BCUT2D eigenvalue weighted by Crippen LogP contribution is -2.37. The number of para-hydroxylation sites is 4. The lowest BCUT2D eigenvalue weighted by atomic mass is 10.2. The first-order valence-electron chi connectivity index (χ1n) is 39.4. The molecular weight excluding hydrogens is 1750 g/mol. The van der Waals surface area contributed by atoms with Gasteiger partial charge in [-0.2, -0.15) is 0 Å². The predicted octanol–water partition coefficient (Wildman–Crippen LogP) is 6.13. The van der Waals surface area contributed by atoms with Gasteiger partial charge in [-0.05, 0) is 52.0 Å². The number of H-pyrrole nitrogens is 4. The van der Waals surface area contributed by atoms with E-state index >= 15 is 17.6 Å². The lowest BCUT2D eigenvalue weighted by molar-refractivity contribution is -0.179. The Morgan fingerprint density at radius 1 is 0.395 bits per heavy atom. The molecule has 0 spiro atoms. The first kappa shape index (κ1) is 83.5. The fourth-order valence-corrected chi connectivity index (χ4v) is 17.4. The zero-order valence-corrected chi connectivity index (χ0v) is 69.3. The summed E-state index contributed by atoms with van der Waals surface area (Å²) in [4.78, 5) is 103. The molecule has 4 aromatic carbocycles. The minimum absolute atomic E-state index is 0.0150. The molecule has 12 heterocycles. The molecule has 8 aliphatic rings. The van der Waals surface area contributed by atoms with Gasteiger partial charge in [-0.15, -0.1) is 0 Å². The molecule has 0 bridgehead atoms. The zero-order chi connectivity index (χ0) is 95.0. The maximum atomic E-state index is 15.8. The van der Waals surface area contributed by atoms with Crippen molar-refractivity contribution in [2.75, 3.05) is 54.8 Å². The number of phosphoric ester groups is 4. The fourth-order valence-electron chi connectivity index (χ4n) is 12.7. The molecule has 8 aromatic rings. The summed E-state index contributed by atoms with van der Waals surface area (Å²) >= 11 is 0. The van der Waals surface area contributed by atoms with Crippen LogP contribution < -0.4 is 82.0 Å². The molecule has 0 aliphatic carbocycles. The quantitative estimate of drug-likeness (QED) is 0.0314. The average Bonchev–Trinajstić information content (AvgIpc) is 1.53. The van der Waals surface area contributed by atoms with E-state index < -0.39 is 201 Å². The van der Waals surface area contributed by atoms with Crippen LogP contribution in [0, 0.1) is 27.7 Å². The minimum Gasteiger partial charge on any atom is -0.493 e. The standard InChI is InChI=1S/4C18H20FN2O9P/c4*1-10-7-21(17(24)20-15(10)23)16-12(22)6-18(19,29-16)9-28-31(25)27-8-11-4-3-5-13(26-2)14(11)30-31/h4*3-5,7,12,16,22H,6,8-9H2,1-2H3,(H,20,23,24)/t4*12-,16-,18+,31?/m1111/s1/i9D2,16D;16D;9D2;. The van der Waals surface area contributed by atoms with Crippen LogP contribution in [0.5, 0.6) is 46.0 Å². The Bertz CT molecular complexity index is 6400. The number of alkyl halides is 4. The SMILES string of the molecule is COc1cccc2c1OP(=O)(OC[C@]1(F)C[C@@H](O)[C@H](n3cc(C)c(=O)[nH]c3=O)O1)OC2.[2H]C([2H])(OP1(=O)OCc2cccc(OC)c2O1)[C@]1(F)C[C@@H](O)[C@H](n2cc(C)c(=O)[nH]c2=O)O1.[2H]C([2H])(OP1(=O)OCc2cccc(OC)c2O1)[C@]1(F)C[C@@H](O)[C@]([2H])(n2cc(C)c(=O)[nH]c2=O)O1.[2H][C@@]1(n2cc(C)c(=O)[nH]c2=O)O[C@](F)(COP2(=O)OCc3cccc(OC)c3O2)C[C@H]1O. The number of aliphatic hydroxyl groups excluding tert-OH is 4. The molecule has 672 valence electrons. The van der Waals surface area contributed by atoms with Crippen molar-refractivity contribution in [3.05, 3.63) is 225 Å². The normalized spacial score (nSPS) is 32.1. The Hall–Kier alpha value is -10.0. The highest BCUT2D eigenvalue weighted by Gasteiger charge is 2.55. The largest absolute Gasteiger partial charge is 0.530 e. The Kier molecular flexibility index (Phi) is 24.4. The van der Waals surface area contributed by atoms with Crippen molar-refractivity contribution in [2.24, 2.45) is 0 Å². The smallest absolute Gasteiger partial charge is 0.493 e. The average molecular weight is 1840 g/mol. The Morgan fingerprint density at radius 2 is 0.645 bits per heavy atom. The monoisotopic (exact) mass is 1840 g/mol. The van der Waals surface area contributed by atoms with E-state index in [1.165, 1.54) is 68.3 Å². The summed E-state index contributed by atoms with van der Waals surface area (Å²) in [5.74, 6) is -11.3. The molecular formula is C72H80F4N8O36P4. The highest BCUT2D eigenvalue weighted by atomic mass is 31.2. The van der Waals surface area contributed by atoms with E-state index in [4.69, 9.17) is 100 Å². The molecule has 4 fully saturated rings. The number of ether oxygens (including phenoxy) is 8. The number of hydrogen-bond donors (Lipinski definition) is 8. The van der Waals surface area contributed by atoms with Gasteiger partial charge in [0, 0.05) is 95.0 Å². The molecule has 4 aromatic heterocycles. The number of nitrogens with one attached hydrogen (secondary N) is 4. The van der Waals surface area contributed by atoms with Crippen molar-refractivity contribution in [3.63, 3.8) is 0 Å². The van der Waals surface area contributed by atoms with Crippen LogP contribution in [-0.2, 0) is 99.8 Å². The molecule has 8 aliphatic heterocycles. The number of aliphatic hydroxyl groups is 4. The molecule has 44 nitrogen and oxygen atoms in total. The van der Waals surface area contributed by atoms with Crippen LogP contribution in [0.4, 0.5) is 17.6 Å². The number of hydrogen-bond acceptors (Lipinski definition) is 36. The van der Waals surface area contributed by atoms with Crippen LogP contribution in [-0.4, -0.2) is 161 Å². The number of methoxy groups -OCH3 is 4. The van der Waals surface area contributed by atoms with Gasteiger partial charge in [0.15, 0.2) is 70.9 Å². The number of phosphoric acid groups is 4. The Morgan fingerprint density at radius 3 is 0.968 bits per heavy atom. The summed E-state index contributed by atoms with van der Waals surface area (Å²) in [6.45, 7) is -4.43. The third kappa shape index (κ3) is 20.1. The second-order valence-corrected chi connectivity index (χ2v) is 34.1. The number of benzene rings is 4. The molecule has 16 rings (SSSR count). The van der Waals surface area contributed by atoms with Crippen LogP contribution in [0.2, 0.25) is 0 Å². The van der Waals surface area contributed by atoms with Crippen LogP contribution in [0.3, 0.4) is 0 Å². The molecule has 16 atom stereocenters. The first-order chi connectivity index (χ1) is 60.7. The van der Waals surface area contributed by atoms with Crippen molar-refractivity contribution in [3.8, 4) is 46.0 Å². The van der Waals surface area contributed by atoms with Gasteiger partial charge in [-0.3, -0.25) is 93.6 Å². The number of halogens is 4. The van der Waals surface area contributed by atoms with Crippen molar-refractivity contribution in [1.82, 2.24) is 38.2 Å². The van der Waals surface area contributed by atoms with Crippen LogP contribution >= 0.6 is 31.3 Å². The van der Waals surface area contributed by atoms with Gasteiger partial charge in [0.05, 0.1) is 63.1 Å². The van der Waals surface area contributed by atoms with Gasteiger partial charge in [0.1, 0.15) is 50.7 Å². The summed E-state index contributed by atoms with van der Waals surface area (Å²) in [6.07, 6.45) is -15.2. The lowest BCUT2D eigenvalue weighted by Gasteiger charge is -2.28. The van der Waals surface area contributed by atoms with Gasteiger partial charge >= 0.3 is 54.0 Å². The van der Waals surface area contributed by atoms with Gasteiger partial charge in [0.2, 0.25) is 23.4 Å². The molecule has 52 heteroatoms. The molecule has 4 unspecified atom stereocenters. The maximum absolute atomic E-state index is 15.8. The zero-order valence-electron chi connectivity index (χ0n) is 71.7. The third-order valence-corrected chi connectivity index (χ3v) is 23.8. The van der Waals surface area contributed by atoms with E-state index in [-0.39, 0.29) is 88.9 Å². The number of nitrogens with zero attached hydrogens (tertiary/aromatic N) is 4. The van der Waals surface area contributed by atoms with Gasteiger partial charge in [-0.25, -0.2) is 55.0 Å². The van der Waals surface area contributed by atoms with Crippen molar-refractivity contribution in [1.29, 1.82) is 0 Å². The van der Waals surface area contributed by atoms with Gasteiger partial charge in [-0.1, -0.05) is 48.5 Å². The van der Waals surface area contributed by atoms with Crippen LogP contribution in [0.25, 0.3) is 0 Å². The second-order valence-electron chi connectivity index (χ2n) is 27.9. The second kappa shape index (κ2) is 36.2. The maximum Gasteiger partial charge on any atom is 0.530 e. The molecule has 0 saturated carbocycles. The van der Waals surface area contributed by atoms with Crippen LogP contribution in [0.15, 0.2) is 136 Å². The number of aryl methyl sites for hydroxylation is 4. The van der Waals surface area contributed by atoms with E-state index in [1.54, 1.807) is 60.7 Å². The van der Waals surface area contributed by atoms with E-state index in [0.717, 1.165) is 33.9 Å². The highest BCUT2D eigenvalue weighted by Crippen LogP contribution is 2.62. The van der Waals surface area contributed by atoms with Crippen molar-refractivity contribution >= 4 is 31.3 Å². The highest BCUT2D eigenvalue weighted by molar-refractivity contribution is 7.49. The topological polar surface area (TPSA) is 553 Å². The Labute approximate surface area is 702 Å². The summed E-state index contributed by atoms with van der Waals surface area (Å²) in [5.41, 5.74) is -4.72. The first-order valence-corrected chi connectivity index (χ1v) is 42.2. The molecule has 124 heavy (non-hydrogen) atoms. The number of rotatable bonds is 20. The van der Waals surface area contributed by atoms with E-state index in [9.17, 15) is 77.0 Å². The fraction of sp³-hybridized carbons (Fsp3) is 0.444.